The average Bonchev–Trinajstić information content (AvgIpc) is 2.40. The Kier molecular flexibility index (Phi) is 4.84. The number of ether oxygens (including phenoxy) is 2. The van der Waals surface area contributed by atoms with Crippen LogP contribution in [0.25, 0.3) is 0 Å². The molecule has 1 heterocycles. The molecule has 1 aromatic carbocycles. The summed E-state index contributed by atoms with van der Waals surface area (Å²) in [6.07, 6.45) is 0.205. The molecule has 0 radical (unpaired) electrons. The van der Waals surface area contributed by atoms with Crippen molar-refractivity contribution in [3.8, 4) is 11.5 Å². The molecule has 0 aromatic heterocycles. The van der Waals surface area contributed by atoms with Gasteiger partial charge >= 0.3 is 0 Å². The van der Waals surface area contributed by atoms with E-state index in [1.54, 1.807) is 7.11 Å². The summed E-state index contributed by atoms with van der Waals surface area (Å²) in [6.45, 7) is 7.47. The zero-order valence-corrected chi connectivity index (χ0v) is 11.2. The highest BCUT2D eigenvalue weighted by Crippen LogP contribution is 2.18. The van der Waals surface area contributed by atoms with Gasteiger partial charge in [0.2, 0.25) is 0 Å². The molecule has 1 aromatic rings. The fourth-order valence-electron chi connectivity index (χ4n) is 2.18. The molecule has 0 aliphatic carbocycles. The molecule has 1 saturated heterocycles. The summed E-state index contributed by atoms with van der Waals surface area (Å²) in [5, 5.41) is 3.35. The van der Waals surface area contributed by atoms with Gasteiger partial charge in [-0.25, -0.2) is 0 Å². The molecule has 0 amide bonds. The van der Waals surface area contributed by atoms with Crippen molar-refractivity contribution >= 4 is 0 Å². The molecule has 100 valence electrons. The predicted molar refractivity (Wildman–Crippen MR) is 72.4 cm³/mol. The largest absolute Gasteiger partial charge is 0.497 e. The van der Waals surface area contributed by atoms with Crippen molar-refractivity contribution in [2.75, 3.05) is 39.8 Å². The van der Waals surface area contributed by atoms with Crippen LogP contribution in [0.3, 0.4) is 0 Å². The predicted octanol–water partition coefficient (Wildman–Crippen LogP) is 1.37. The smallest absolute Gasteiger partial charge is 0.120 e. The van der Waals surface area contributed by atoms with Crippen molar-refractivity contribution in [2.24, 2.45) is 0 Å². The molecule has 1 aliphatic rings. The molecule has 18 heavy (non-hydrogen) atoms. The van der Waals surface area contributed by atoms with E-state index >= 15 is 0 Å². The van der Waals surface area contributed by atoms with Gasteiger partial charge in [0.1, 0.15) is 17.6 Å². The molecule has 4 nitrogen and oxygen atoms in total. The van der Waals surface area contributed by atoms with Crippen LogP contribution in [0.2, 0.25) is 0 Å². The van der Waals surface area contributed by atoms with Gasteiger partial charge in [-0.2, -0.15) is 0 Å². The Morgan fingerprint density at radius 1 is 1.17 bits per heavy atom. The van der Waals surface area contributed by atoms with E-state index in [1.807, 2.05) is 24.3 Å². The molecule has 0 saturated carbocycles. The van der Waals surface area contributed by atoms with Crippen LogP contribution in [0.4, 0.5) is 0 Å². The van der Waals surface area contributed by atoms with E-state index in [4.69, 9.17) is 9.47 Å². The Hall–Kier alpha value is -1.26. The second kappa shape index (κ2) is 6.61. The number of hydrogen-bond acceptors (Lipinski definition) is 4. The van der Waals surface area contributed by atoms with Gasteiger partial charge in [0.05, 0.1) is 7.11 Å². The van der Waals surface area contributed by atoms with Gasteiger partial charge in [-0.1, -0.05) is 0 Å². The standard InChI is InChI=1S/C14H22N2O2/c1-12(11-16-9-7-15-8-10-16)18-14-5-3-13(17-2)4-6-14/h3-6,12,15H,7-11H2,1-2H3. The molecule has 1 fully saturated rings. The maximum Gasteiger partial charge on any atom is 0.120 e. The van der Waals surface area contributed by atoms with Gasteiger partial charge < -0.3 is 14.8 Å². The van der Waals surface area contributed by atoms with E-state index in [-0.39, 0.29) is 6.10 Å². The monoisotopic (exact) mass is 250 g/mol. The average molecular weight is 250 g/mol. The van der Waals surface area contributed by atoms with Crippen LogP contribution in [0.1, 0.15) is 6.92 Å². The first-order chi connectivity index (χ1) is 8.78. The number of piperazine rings is 1. The summed E-state index contributed by atoms with van der Waals surface area (Å²) < 4.78 is 11.0. The summed E-state index contributed by atoms with van der Waals surface area (Å²) in [6, 6.07) is 7.75. The van der Waals surface area contributed by atoms with Crippen LogP contribution in [-0.4, -0.2) is 50.8 Å². The number of nitrogens with one attached hydrogen (secondary N) is 1. The number of benzene rings is 1. The quantitative estimate of drug-likeness (QED) is 0.856. The molecule has 1 aliphatic heterocycles. The van der Waals surface area contributed by atoms with Crippen LogP contribution >= 0.6 is 0 Å². The lowest BCUT2D eigenvalue weighted by atomic mass is 10.3. The fraction of sp³-hybridized carbons (Fsp3) is 0.571. The summed E-state index contributed by atoms with van der Waals surface area (Å²) in [7, 11) is 1.67. The van der Waals surface area contributed by atoms with E-state index in [9.17, 15) is 0 Å². The van der Waals surface area contributed by atoms with Crippen LogP contribution in [0.15, 0.2) is 24.3 Å². The van der Waals surface area contributed by atoms with Crippen molar-refractivity contribution in [2.45, 2.75) is 13.0 Å². The van der Waals surface area contributed by atoms with Crippen molar-refractivity contribution in [3.63, 3.8) is 0 Å². The Morgan fingerprint density at radius 3 is 2.39 bits per heavy atom. The van der Waals surface area contributed by atoms with E-state index in [1.165, 1.54) is 0 Å². The Bertz CT molecular complexity index is 347. The summed E-state index contributed by atoms with van der Waals surface area (Å²) in [4.78, 5) is 2.44. The SMILES string of the molecule is COc1ccc(OC(C)CN2CCNCC2)cc1. The van der Waals surface area contributed by atoms with Gasteiger partial charge in [-0.3, -0.25) is 4.90 Å². The van der Waals surface area contributed by atoms with E-state index in [0.29, 0.717) is 0 Å². The zero-order chi connectivity index (χ0) is 12.8. The number of hydrogen-bond donors (Lipinski definition) is 1. The Balaban J connectivity index is 1.80. The molecule has 4 heteroatoms. The van der Waals surface area contributed by atoms with Crippen LogP contribution in [0.5, 0.6) is 11.5 Å². The second-order valence-electron chi connectivity index (χ2n) is 4.65. The zero-order valence-electron chi connectivity index (χ0n) is 11.2. The third-order valence-electron chi connectivity index (χ3n) is 3.12. The first-order valence-corrected chi connectivity index (χ1v) is 6.51. The molecular weight excluding hydrogens is 228 g/mol. The summed E-state index contributed by atoms with van der Waals surface area (Å²) in [5.74, 6) is 1.76. The minimum Gasteiger partial charge on any atom is -0.497 e. The lowest BCUT2D eigenvalue weighted by molar-refractivity contribution is 0.135. The molecule has 1 atom stereocenters. The molecule has 1 N–H and O–H groups in total. The Morgan fingerprint density at radius 2 is 1.78 bits per heavy atom. The van der Waals surface area contributed by atoms with Crippen LogP contribution in [0, 0.1) is 0 Å². The maximum atomic E-state index is 5.90. The van der Waals surface area contributed by atoms with Crippen LogP contribution < -0.4 is 14.8 Å². The third kappa shape index (κ3) is 3.89. The van der Waals surface area contributed by atoms with Gasteiger partial charge in [0.25, 0.3) is 0 Å². The second-order valence-corrected chi connectivity index (χ2v) is 4.65. The number of methoxy groups -OCH3 is 1. The van der Waals surface area contributed by atoms with Gasteiger partial charge in [-0.15, -0.1) is 0 Å². The van der Waals surface area contributed by atoms with Crippen molar-refractivity contribution in [1.82, 2.24) is 10.2 Å². The minimum atomic E-state index is 0.205. The first kappa shape index (κ1) is 13.2. The van der Waals surface area contributed by atoms with Crippen molar-refractivity contribution in [3.05, 3.63) is 24.3 Å². The van der Waals surface area contributed by atoms with Gasteiger partial charge in [-0.05, 0) is 31.2 Å². The molecule has 1 unspecified atom stereocenters. The lowest BCUT2D eigenvalue weighted by Gasteiger charge is -2.29. The first-order valence-electron chi connectivity index (χ1n) is 6.51. The number of nitrogens with zero attached hydrogens (tertiary/aromatic N) is 1. The Labute approximate surface area is 109 Å². The highest BCUT2D eigenvalue weighted by molar-refractivity contribution is 5.31. The molecule has 2 rings (SSSR count). The lowest BCUT2D eigenvalue weighted by Crippen LogP contribution is -2.46. The highest BCUT2D eigenvalue weighted by Gasteiger charge is 2.13. The molecular formula is C14H22N2O2. The summed E-state index contributed by atoms with van der Waals surface area (Å²) in [5.41, 5.74) is 0. The fourth-order valence-corrected chi connectivity index (χ4v) is 2.18. The summed E-state index contributed by atoms with van der Waals surface area (Å²) >= 11 is 0. The van der Waals surface area contributed by atoms with Crippen molar-refractivity contribution < 1.29 is 9.47 Å². The maximum absolute atomic E-state index is 5.90. The normalized spacial score (nSPS) is 18.3. The minimum absolute atomic E-state index is 0.205. The molecule has 0 bridgehead atoms. The number of rotatable bonds is 5. The van der Waals surface area contributed by atoms with Gasteiger partial charge in [0.15, 0.2) is 0 Å². The highest BCUT2D eigenvalue weighted by atomic mass is 16.5. The van der Waals surface area contributed by atoms with E-state index in [2.05, 4.69) is 17.1 Å². The van der Waals surface area contributed by atoms with E-state index < -0.39 is 0 Å². The van der Waals surface area contributed by atoms with Gasteiger partial charge in [0, 0.05) is 32.7 Å². The van der Waals surface area contributed by atoms with E-state index in [0.717, 1.165) is 44.2 Å². The topological polar surface area (TPSA) is 33.7 Å². The van der Waals surface area contributed by atoms with Crippen LogP contribution in [-0.2, 0) is 0 Å². The third-order valence-corrected chi connectivity index (χ3v) is 3.12. The van der Waals surface area contributed by atoms with Crippen molar-refractivity contribution in [1.29, 1.82) is 0 Å². The molecule has 0 spiro atoms.